The van der Waals surface area contributed by atoms with Gasteiger partial charge in [0.15, 0.2) is 0 Å². The average molecular weight is 213 g/mol. The fraction of sp³-hybridized carbons (Fsp3) is 0.727. The number of alkyl halides is 1. The van der Waals surface area contributed by atoms with Crippen molar-refractivity contribution in [3.8, 4) is 0 Å². The molecule has 0 spiro atoms. The number of halogens is 1. The van der Waals surface area contributed by atoms with Gasteiger partial charge < -0.3 is 0 Å². The summed E-state index contributed by atoms with van der Waals surface area (Å²) in [7, 11) is 2.02. The Balaban J connectivity index is 2.39. The molecule has 2 unspecified atom stereocenters. The number of aryl methyl sites for hydroxylation is 2. The Morgan fingerprint density at radius 2 is 2.36 bits per heavy atom. The summed E-state index contributed by atoms with van der Waals surface area (Å²) < 4.78 is 2.00. The van der Waals surface area contributed by atoms with E-state index >= 15 is 0 Å². The highest BCUT2D eigenvalue weighted by Gasteiger charge is 2.38. The van der Waals surface area contributed by atoms with Crippen LogP contribution in [0, 0.1) is 6.92 Å². The van der Waals surface area contributed by atoms with Crippen molar-refractivity contribution in [3.63, 3.8) is 0 Å². The number of hydrogen-bond donors (Lipinski definition) is 0. The Hall–Kier alpha value is -0.500. The maximum absolute atomic E-state index is 6.19. The summed E-state index contributed by atoms with van der Waals surface area (Å²) in [5, 5.41) is 4.65. The standard InChI is InChI=1S/C11H17ClN2/c1-8-7-13-14(3)10(8)11(2)5-4-9(12)6-11/h7,9H,4-6H2,1-3H3. The summed E-state index contributed by atoms with van der Waals surface area (Å²) in [4.78, 5) is 0. The molecule has 2 nitrogen and oxygen atoms in total. The summed E-state index contributed by atoms with van der Waals surface area (Å²) >= 11 is 6.19. The first kappa shape index (κ1) is 10.0. The molecule has 0 saturated heterocycles. The van der Waals surface area contributed by atoms with Crippen molar-refractivity contribution in [1.82, 2.24) is 9.78 Å². The fourth-order valence-corrected chi connectivity index (χ4v) is 3.25. The molecule has 2 rings (SSSR count). The molecule has 14 heavy (non-hydrogen) atoms. The van der Waals surface area contributed by atoms with E-state index in [-0.39, 0.29) is 5.41 Å². The topological polar surface area (TPSA) is 17.8 Å². The highest BCUT2D eigenvalue weighted by atomic mass is 35.5. The van der Waals surface area contributed by atoms with E-state index in [2.05, 4.69) is 18.9 Å². The number of hydrogen-bond acceptors (Lipinski definition) is 1. The molecule has 0 bridgehead atoms. The lowest BCUT2D eigenvalue weighted by Crippen LogP contribution is -2.23. The van der Waals surface area contributed by atoms with E-state index in [0.29, 0.717) is 5.38 Å². The van der Waals surface area contributed by atoms with Gasteiger partial charge in [0.25, 0.3) is 0 Å². The second-order valence-electron chi connectivity index (χ2n) is 4.70. The maximum atomic E-state index is 6.19. The van der Waals surface area contributed by atoms with Crippen LogP contribution in [0.5, 0.6) is 0 Å². The highest BCUT2D eigenvalue weighted by Crippen LogP contribution is 2.43. The third-order valence-electron chi connectivity index (χ3n) is 3.37. The van der Waals surface area contributed by atoms with Crippen LogP contribution in [0.2, 0.25) is 0 Å². The van der Waals surface area contributed by atoms with Crippen molar-refractivity contribution in [1.29, 1.82) is 0 Å². The van der Waals surface area contributed by atoms with E-state index in [0.717, 1.165) is 12.8 Å². The fourth-order valence-electron chi connectivity index (χ4n) is 2.80. The van der Waals surface area contributed by atoms with Crippen molar-refractivity contribution < 1.29 is 0 Å². The zero-order valence-corrected chi connectivity index (χ0v) is 9.80. The van der Waals surface area contributed by atoms with Crippen molar-refractivity contribution >= 4 is 11.6 Å². The van der Waals surface area contributed by atoms with Gasteiger partial charge in [0.05, 0.1) is 6.20 Å². The Bertz CT molecular complexity index is 326. The molecule has 1 saturated carbocycles. The van der Waals surface area contributed by atoms with Crippen molar-refractivity contribution in [3.05, 3.63) is 17.5 Å². The van der Waals surface area contributed by atoms with Crippen LogP contribution >= 0.6 is 11.6 Å². The molecular weight excluding hydrogens is 196 g/mol. The molecule has 1 aromatic heterocycles. The molecule has 1 aliphatic rings. The van der Waals surface area contributed by atoms with Gasteiger partial charge in [0, 0.05) is 23.5 Å². The van der Waals surface area contributed by atoms with Crippen LogP contribution in [0.3, 0.4) is 0 Å². The van der Waals surface area contributed by atoms with Gasteiger partial charge in [-0.1, -0.05) is 6.92 Å². The lowest BCUT2D eigenvalue weighted by molar-refractivity contribution is 0.446. The molecule has 0 radical (unpaired) electrons. The first-order valence-corrected chi connectivity index (χ1v) is 5.60. The van der Waals surface area contributed by atoms with E-state index in [1.54, 1.807) is 0 Å². The van der Waals surface area contributed by atoms with Gasteiger partial charge in [-0.05, 0) is 31.7 Å². The molecule has 78 valence electrons. The van der Waals surface area contributed by atoms with E-state index in [4.69, 9.17) is 11.6 Å². The summed E-state index contributed by atoms with van der Waals surface area (Å²) in [6, 6.07) is 0. The van der Waals surface area contributed by atoms with Crippen LogP contribution < -0.4 is 0 Å². The van der Waals surface area contributed by atoms with Gasteiger partial charge in [0.1, 0.15) is 0 Å². The molecule has 1 fully saturated rings. The van der Waals surface area contributed by atoms with Crippen molar-refractivity contribution in [2.45, 2.75) is 43.9 Å². The summed E-state index contributed by atoms with van der Waals surface area (Å²) in [6.45, 7) is 4.44. The van der Waals surface area contributed by atoms with Gasteiger partial charge in [-0.25, -0.2) is 0 Å². The smallest absolute Gasteiger partial charge is 0.0521 e. The predicted molar refractivity (Wildman–Crippen MR) is 58.8 cm³/mol. The van der Waals surface area contributed by atoms with E-state index < -0.39 is 0 Å². The van der Waals surface area contributed by atoms with E-state index in [9.17, 15) is 0 Å². The minimum absolute atomic E-state index is 0.238. The molecule has 0 aromatic carbocycles. The van der Waals surface area contributed by atoms with Crippen LogP contribution in [-0.2, 0) is 12.5 Å². The molecule has 3 heteroatoms. The van der Waals surface area contributed by atoms with Gasteiger partial charge in [-0.3, -0.25) is 4.68 Å². The SMILES string of the molecule is Cc1cnn(C)c1C1(C)CCC(Cl)C1. The lowest BCUT2D eigenvalue weighted by atomic mass is 9.83. The van der Waals surface area contributed by atoms with Crippen molar-refractivity contribution in [2.75, 3.05) is 0 Å². The van der Waals surface area contributed by atoms with Crippen LogP contribution in [0.25, 0.3) is 0 Å². The molecule has 1 heterocycles. The van der Waals surface area contributed by atoms with Gasteiger partial charge in [-0.15, -0.1) is 11.6 Å². The van der Waals surface area contributed by atoms with Crippen LogP contribution in [0.1, 0.15) is 37.4 Å². The van der Waals surface area contributed by atoms with Gasteiger partial charge in [0.2, 0.25) is 0 Å². The van der Waals surface area contributed by atoms with Crippen LogP contribution in [0.15, 0.2) is 6.20 Å². The summed E-state index contributed by atoms with van der Waals surface area (Å²) in [5.41, 5.74) is 2.89. The third-order valence-corrected chi connectivity index (χ3v) is 3.75. The Kier molecular flexibility index (Phi) is 2.34. The van der Waals surface area contributed by atoms with Crippen LogP contribution in [-0.4, -0.2) is 15.2 Å². The molecule has 2 atom stereocenters. The van der Waals surface area contributed by atoms with E-state index in [1.165, 1.54) is 17.7 Å². The van der Waals surface area contributed by atoms with Crippen molar-refractivity contribution in [2.24, 2.45) is 7.05 Å². The van der Waals surface area contributed by atoms with Crippen LogP contribution in [0.4, 0.5) is 0 Å². The number of nitrogens with zero attached hydrogens (tertiary/aromatic N) is 2. The minimum Gasteiger partial charge on any atom is -0.272 e. The molecule has 0 aliphatic heterocycles. The Labute approximate surface area is 90.3 Å². The monoisotopic (exact) mass is 212 g/mol. The zero-order chi connectivity index (χ0) is 10.3. The normalized spacial score (nSPS) is 32.4. The quantitative estimate of drug-likeness (QED) is 0.655. The second kappa shape index (κ2) is 3.27. The largest absolute Gasteiger partial charge is 0.272 e. The molecule has 0 N–H and O–H groups in total. The molecule has 0 amide bonds. The van der Waals surface area contributed by atoms with Gasteiger partial charge >= 0.3 is 0 Å². The molecular formula is C11H17ClN2. The van der Waals surface area contributed by atoms with E-state index in [1.807, 2.05) is 17.9 Å². The average Bonchev–Trinajstić information content (AvgIpc) is 2.58. The predicted octanol–water partition coefficient (Wildman–Crippen LogP) is 2.78. The molecule has 1 aliphatic carbocycles. The third kappa shape index (κ3) is 1.46. The highest BCUT2D eigenvalue weighted by molar-refractivity contribution is 6.20. The summed E-state index contributed by atoms with van der Waals surface area (Å²) in [6.07, 6.45) is 5.33. The second-order valence-corrected chi connectivity index (χ2v) is 5.32. The Morgan fingerprint density at radius 3 is 2.79 bits per heavy atom. The number of aromatic nitrogens is 2. The maximum Gasteiger partial charge on any atom is 0.0521 e. The summed E-state index contributed by atoms with van der Waals surface area (Å²) in [5.74, 6) is 0. The Morgan fingerprint density at radius 1 is 1.64 bits per heavy atom. The lowest BCUT2D eigenvalue weighted by Gasteiger charge is -2.25. The zero-order valence-electron chi connectivity index (χ0n) is 9.05. The minimum atomic E-state index is 0.238. The first-order chi connectivity index (χ1) is 6.53. The van der Waals surface area contributed by atoms with Gasteiger partial charge in [-0.2, -0.15) is 5.10 Å². The first-order valence-electron chi connectivity index (χ1n) is 5.16. The molecule has 1 aromatic rings. The number of rotatable bonds is 1.